The van der Waals surface area contributed by atoms with E-state index in [-0.39, 0.29) is 29.4 Å². The Morgan fingerprint density at radius 2 is 1.38 bits per heavy atom. The van der Waals surface area contributed by atoms with E-state index in [2.05, 4.69) is 4.98 Å². The molecule has 3 aromatic carbocycles. The number of carbonyl (C=O) groups excluding carboxylic acids is 2. The highest BCUT2D eigenvalue weighted by molar-refractivity contribution is 7.99. The third kappa shape index (κ3) is 4.93. The molecule has 4 aromatic rings. The number of ketones is 2. The molecule has 4 rings (SSSR count). The van der Waals surface area contributed by atoms with E-state index in [9.17, 15) is 14.4 Å². The van der Waals surface area contributed by atoms with Gasteiger partial charge in [0.2, 0.25) is 0 Å². The largest absolute Gasteiger partial charge is 0.293 e. The van der Waals surface area contributed by atoms with Gasteiger partial charge in [-0.25, -0.2) is 4.98 Å². The fraction of sp³-hybridized carbons (Fsp3) is 0.0833. The number of nitrogens with zero attached hydrogens (tertiary/aromatic N) is 2. The molecule has 0 aliphatic heterocycles. The summed E-state index contributed by atoms with van der Waals surface area (Å²) in [7, 11) is 0. The number of halogens is 2. The van der Waals surface area contributed by atoms with Gasteiger partial charge in [0.25, 0.3) is 5.56 Å². The van der Waals surface area contributed by atoms with Crippen LogP contribution in [0.3, 0.4) is 0 Å². The van der Waals surface area contributed by atoms with Crippen molar-refractivity contribution in [3.8, 4) is 0 Å². The molecule has 0 amide bonds. The van der Waals surface area contributed by atoms with Crippen molar-refractivity contribution in [3.05, 3.63) is 104 Å². The summed E-state index contributed by atoms with van der Waals surface area (Å²) in [4.78, 5) is 43.2. The van der Waals surface area contributed by atoms with Crippen LogP contribution in [-0.4, -0.2) is 26.9 Å². The predicted octanol–water partition coefficient (Wildman–Crippen LogP) is 5.56. The van der Waals surface area contributed by atoms with Crippen LogP contribution in [0.25, 0.3) is 10.9 Å². The third-order valence-electron chi connectivity index (χ3n) is 4.79. The Morgan fingerprint density at radius 3 is 2.00 bits per heavy atom. The second-order valence-electron chi connectivity index (χ2n) is 6.95. The molecular formula is C24H16Cl2N2O3S. The first kappa shape index (κ1) is 22.3. The maximum absolute atomic E-state index is 13.2. The molecule has 0 radical (unpaired) electrons. The van der Waals surface area contributed by atoms with E-state index in [1.165, 1.54) is 4.57 Å². The van der Waals surface area contributed by atoms with Crippen molar-refractivity contribution in [1.29, 1.82) is 0 Å². The van der Waals surface area contributed by atoms with Crippen molar-refractivity contribution in [1.82, 2.24) is 9.55 Å². The van der Waals surface area contributed by atoms with Gasteiger partial charge in [-0.2, -0.15) is 0 Å². The molecule has 160 valence electrons. The first-order valence-electron chi connectivity index (χ1n) is 9.62. The quantitative estimate of drug-likeness (QED) is 0.196. The Hall–Kier alpha value is -2.93. The van der Waals surface area contributed by atoms with Crippen LogP contribution < -0.4 is 5.56 Å². The highest BCUT2D eigenvalue weighted by Gasteiger charge is 2.17. The zero-order valence-corrected chi connectivity index (χ0v) is 19.0. The average Bonchev–Trinajstić information content (AvgIpc) is 2.80. The molecular weight excluding hydrogens is 467 g/mol. The highest BCUT2D eigenvalue weighted by Crippen LogP contribution is 2.21. The van der Waals surface area contributed by atoms with Crippen LogP contribution in [-0.2, 0) is 6.54 Å². The Balaban J connectivity index is 1.66. The lowest BCUT2D eigenvalue weighted by molar-refractivity contribution is 0.0966. The zero-order chi connectivity index (χ0) is 22.7. The normalized spacial score (nSPS) is 10.9. The van der Waals surface area contributed by atoms with Crippen LogP contribution in [0.4, 0.5) is 0 Å². The number of benzene rings is 3. The minimum absolute atomic E-state index is 0.0571. The number of fused-ring (bicyclic) bond motifs is 1. The SMILES string of the molecule is O=C(CSc1nc2ccccc2c(=O)n1CC(=O)c1ccc(Cl)cc1)c1ccc(Cl)cc1. The van der Waals surface area contributed by atoms with Gasteiger partial charge in [0, 0.05) is 21.2 Å². The first-order valence-corrected chi connectivity index (χ1v) is 11.4. The molecule has 0 saturated heterocycles. The Bertz CT molecular complexity index is 1370. The minimum Gasteiger partial charge on any atom is -0.293 e. The van der Waals surface area contributed by atoms with Crippen molar-refractivity contribution in [2.75, 3.05) is 5.75 Å². The lowest BCUT2D eigenvalue weighted by Crippen LogP contribution is -2.27. The lowest BCUT2D eigenvalue weighted by atomic mass is 10.1. The number of para-hydroxylation sites is 1. The van der Waals surface area contributed by atoms with Crippen LogP contribution in [0.2, 0.25) is 10.0 Å². The first-order chi connectivity index (χ1) is 15.4. The summed E-state index contributed by atoms with van der Waals surface area (Å²) in [6.45, 7) is -0.199. The van der Waals surface area contributed by atoms with Gasteiger partial charge < -0.3 is 0 Å². The summed E-state index contributed by atoms with van der Waals surface area (Å²) in [5.41, 5.74) is 1.12. The van der Waals surface area contributed by atoms with Crippen molar-refractivity contribution >= 4 is 57.4 Å². The van der Waals surface area contributed by atoms with E-state index < -0.39 is 0 Å². The smallest absolute Gasteiger partial charge is 0.262 e. The molecule has 0 atom stereocenters. The number of hydrogen-bond donors (Lipinski definition) is 0. The standard InChI is InChI=1S/C24H16Cl2N2O3S/c25-17-9-5-15(6-10-17)21(29)13-28-23(31)19-3-1-2-4-20(19)27-24(28)32-14-22(30)16-7-11-18(26)12-8-16/h1-12H,13-14H2. The maximum Gasteiger partial charge on any atom is 0.262 e. The number of carbonyl (C=O) groups is 2. The molecule has 0 bridgehead atoms. The van der Waals surface area contributed by atoms with Gasteiger partial charge in [-0.3, -0.25) is 19.0 Å². The van der Waals surface area contributed by atoms with Crippen molar-refractivity contribution in [2.45, 2.75) is 11.7 Å². The van der Waals surface area contributed by atoms with E-state index in [0.717, 1.165) is 11.8 Å². The third-order valence-corrected chi connectivity index (χ3v) is 6.27. The van der Waals surface area contributed by atoms with E-state index in [0.29, 0.717) is 37.2 Å². The zero-order valence-electron chi connectivity index (χ0n) is 16.6. The molecule has 0 spiro atoms. The minimum atomic E-state index is -0.334. The van der Waals surface area contributed by atoms with E-state index in [1.54, 1.807) is 72.8 Å². The number of rotatable bonds is 7. The molecule has 1 aromatic heterocycles. The van der Waals surface area contributed by atoms with Gasteiger partial charge in [-0.05, 0) is 60.7 Å². The highest BCUT2D eigenvalue weighted by atomic mass is 35.5. The van der Waals surface area contributed by atoms with Gasteiger partial charge >= 0.3 is 0 Å². The Kier molecular flexibility index (Phi) is 6.74. The van der Waals surface area contributed by atoms with Gasteiger partial charge in [0.1, 0.15) is 0 Å². The Morgan fingerprint density at radius 1 is 0.812 bits per heavy atom. The fourth-order valence-corrected chi connectivity index (χ4v) is 4.26. The van der Waals surface area contributed by atoms with Gasteiger partial charge in [-0.1, -0.05) is 47.1 Å². The monoisotopic (exact) mass is 482 g/mol. The lowest BCUT2D eigenvalue weighted by Gasteiger charge is -2.12. The molecule has 0 fully saturated rings. The van der Waals surface area contributed by atoms with Crippen molar-refractivity contribution < 1.29 is 9.59 Å². The summed E-state index contributed by atoms with van der Waals surface area (Å²) in [5.74, 6) is -0.335. The fourth-order valence-electron chi connectivity index (χ4n) is 3.12. The second kappa shape index (κ2) is 9.69. The van der Waals surface area contributed by atoms with E-state index in [4.69, 9.17) is 23.2 Å². The van der Waals surface area contributed by atoms with Crippen LogP contribution in [0.5, 0.6) is 0 Å². The molecule has 8 heteroatoms. The van der Waals surface area contributed by atoms with Gasteiger partial charge in [0.15, 0.2) is 16.7 Å². The van der Waals surface area contributed by atoms with E-state index >= 15 is 0 Å². The second-order valence-corrected chi connectivity index (χ2v) is 8.77. The maximum atomic E-state index is 13.2. The summed E-state index contributed by atoms with van der Waals surface area (Å²) in [6, 6.07) is 20.0. The van der Waals surface area contributed by atoms with Crippen LogP contribution in [0.1, 0.15) is 20.7 Å². The van der Waals surface area contributed by atoms with E-state index in [1.807, 2.05) is 0 Å². The molecule has 0 unspecified atom stereocenters. The predicted molar refractivity (Wildman–Crippen MR) is 128 cm³/mol. The number of aromatic nitrogens is 2. The van der Waals surface area contributed by atoms with Crippen molar-refractivity contribution in [3.63, 3.8) is 0 Å². The van der Waals surface area contributed by atoms with Gasteiger partial charge in [-0.15, -0.1) is 0 Å². The number of hydrogen-bond acceptors (Lipinski definition) is 5. The average molecular weight is 483 g/mol. The molecule has 0 aliphatic rings. The van der Waals surface area contributed by atoms with Crippen molar-refractivity contribution in [2.24, 2.45) is 0 Å². The molecule has 0 saturated carbocycles. The number of Topliss-reactive ketones (excluding diaryl/α,β-unsaturated/α-hetero) is 2. The molecule has 5 nitrogen and oxygen atoms in total. The van der Waals surface area contributed by atoms with Crippen LogP contribution in [0.15, 0.2) is 82.7 Å². The Labute approximate surface area is 198 Å². The molecule has 0 aliphatic carbocycles. The molecule has 0 N–H and O–H groups in total. The summed E-state index contributed by atoms with van der Waals surface area (Å²) >= 11 is 12.9. The van der Waals surface area contributed by atoms with Gasteiger partial charge in [0.05, 0.1) is 23.2 Å². The van der Waals surface area contributed by atoms with Crippen LogP contribution >= 0.6 is 35.0 Å². The topological polar surface area (TPSA) is 69.0 Å². The summed E-state index contributed by atoms with van der Waals surface area (Å²) in [5, 5.41) is 1.77. The molecule has 32 heavy (non-hydrogen) atoms. The molecule has 1 heterocycles. The van der Waals surface area contributed by atoms with Crippen LogP contribution in [0, 0.1) is 0 Å². The number of thioether (sulfide) groups is 1. The summed E-state index contributed by atoms with van der Waals surface area (Å²) < 4.78 is 1.32. The summed E-state index contributed by atoms with van der Waals surface area (Å²) in [6.07, 6.45) is 0.